The zero-order valence-electron chi connectivity index (χ0n) is 9.56. The molecule has 0 saturated heterocycles. The van der Waals surface area contributed by atoms with E-state index in [1.807, 2.05) is 18.2 Å². The van der Waals surface area contributed by atoms with Gasteiger partial charge in [-0.3, -0.25) is 9.79 Å². The second-order valence-electron chi connectivity index (χ2n) is 3.24. The molecule has 0 radical (unpaired) electrons. The van der Waals surface area contributed by atoms with Gasteiger partial charge in [0.1, 0.15) is 0 Å². The highest BCUT2D eigenvalue weighted by molar-refractivity contribution is 6.12. The van der Waals surface area contributed by atoms with E-state index in [0.29, 0.717) is 18.0 Å². The van der Waals surface area contributed by atoms with Crippen LogP contribution in [0.1, 0.15) is 18.9 Å². The van der Waals surface area contributed by atoms with E-state index < -0.39 is 0 Å². The maximum Gasteiger partial charge on any atom is 0.311 e. The number of hydrogen-bond donors (Lipinski definition) is 1. The summed E-state index contributed by atoms with van der Waals surface area (Å²) in [6.45, 7) is 2.15. The van der Waals surface area contributed by atoms with Gasteiger partial charge >= 0.3 is 5.97 Å². The highest BCUT2D eigenvalue weighted by Crippen LogP contribution is 2.14. The van der Waals surface area contributed by atoms with Gasteiger partial charge in [-0.2, -0.15) is 0 Å². The molecule has 0 aromatic heterocycles. The molecule has 0 aliphatic heterocycles. The lowest BCUT2D eigenvalue weighted by molar-refractivity contribution is -0.141. The minimum atomic E-state index is -0.286. The molecule has 4 nitrogen and oxygen atoms in total. The van der Waals surface area contributed by atoms with Crippen LogP contribution in [-0.2, 0) is 9.53 Å². The summed E-state index contributed by atoms with van der Waals surface area (Å²) in [6, 6.07) is 7.33. The van der Waals surface area contributed by atoms with E-state index in [1.165, 1.54) is 0 Å². The SMILES string of the molecule is CCOC(=O)CC(=NC)c1ccccc1N. The molecule has 4 heteroatoms. The number of benzene rings is 1. The van der Waals surface area contributed by atoms with Crippen LogP contribution in [0.15, 0.2) is 29.3 Å². The molecule has 1 rings (SSSR count). The predicted octanol–water partition coefficient (Wildman–Crippen LogP) is 1.64. The van der Waals surface area contributed by atoms with Gasteiger partial charge in [0.15, 0.2) is 0 Å². The molecule has 0 bridgehead atoms. The second kappa shape index (κ2) is 5.90. The Labute approximate surface area is 95.1 Å². The lowest BCUT2D eigenvalue weighted by Gasteiger charge is -2.08. The summed E-state index contributed by atoms with van der Waals surface area (Å²) in [4.78, 5) is 15.4. The van der Waals surface area contributed by atoms with Crippen molar-refractivity contribution in [3.63, 3.8) is 0 Å². The third-order valence-electron chi connectivity index (χ3n) is 2.16. The first-order valence-corrected chi connectivity index (χ1v) is 5.15. The van der Waals surface area contributed by atoms with E-state index in [1.54, 1.807) is 20.0 Å². The van der Waals surface area contributed by atoms with Gasteiger partial charge in [-0.05, 0) is 13.0 Å². The molecule has 0 heterocycles. The third kappa shape index (κ3) is 3.08. The van der Waals surface area contributed by atoms with Crippen LogP contribution in [0.5, 0.6) is 0 Å². The molecule has 86 valence electrons. The van der Waals surface area contributed by atoms with Crippen LogP contribution < -0.4 is 5.73 Å². The number of carbonyl (C=O) groups excluding carboxylic acids is 1. The Morgan fingerprint density at radius 1 is 1.44 bits per heavy atom. The van der Waals surface area contributed by atoms with Crippen molar-refractivity contribution < 1.29 is 9.53 Å². The number of carbonyl (C=O) groups is 1. The number of rotatable bonds is 4. The largest absolute Gasteiger partial charge is 0.466 e. The van der Waals surface area contributed by atoms with Gasteiger partial charge in [-0.1, -0.05) is 18.2 Å². The van der Waals surface area contributed by atoms with E-state index in [0.717, 1.165) is 5.56 Å². The van der Waals surface area contributed by atoms with Crippen molar-refractivity contribution in [3.05, 3.63) is 29.8 Å². The van der Waals surface area contributed by atoms with E-state index in [-0.39, 0.29) is 12.4 Å². The minimum Gasteiger partial charge on any atom is -0.466 e. The number of aliphatic imine (C=N–C) groups is 1. The third-order valence-corrected chi connectivity index (χ3v) is 2.16. The number of nitrogen functional groups attached to an aromatic ring is 1. The summed E-state index contributed by atoms with van der Waals surface area (Å²) < 4.78 is 4.87. The van der Waals surface area contributed by atoms with Crippen LogP contribution in [-0.4, -0.2) is 25.3 Å². The molecule has 1 aromatic rings. The van der Waals surface area contributed by atoms with Crippen molar-refractivity contribution >= 4 is 17.4 Å². The molecule has 0 spiro atoms. The van der Waals surface area contributed by atoms with E-state index in [9.17, 15) is 4.79 Å². The van der Waals surface area contributed by atoms with E-state index >= 15 is 0 Å². The normalized spacial score (nSPS) is 11.2. The number of para-hydroxylation sites is 1. The summed E-state index contributed by atoms with van der Waals surface area (Å²) in [5.41, 5.74) is 7.87. The van der Waals surface area contributed by atoms with Gasteiger partial charge in [0.25, 0.3) is 0 Å². The number of anilines is 1. The predicted molar refractivity (Wildman–Crippen MR) is 64.6 cm³/mol. The summed E-state index contributed by atoms with van der Waals surface area (Å²) in [5, 5.41) is 0. The Bertz CT molecular complexity index is 400. The Balaban J connectivity index is 2.85. The van der Waals surface area contributed by atoms with Crippen molar-refractivity contribution in [1.82, 2.24) is 0 Å². The van der Waals surface area contributed by atoms with Gasteiger partial charge in [-0.15, -0.1) is 0 Å². The fourth-order valence-corrected chi connectivity index (χ4v) is 1.40. The maximum absolute atomic E-state index is 11.4. The van der Waals surface area contributed by atoms with Crippen LogP contribution in [0.2, 0.25) is 0 Å². The molecule has 0 aliphatic carbocycles. The fourth-order valence-electron chi connectivity index (χ4n) is 1.40. The molecular weight excluding hydrogens is 204 g/mol. The summed E-state index contributed by atoms with van der Waals surface area (Å²) >= 11 is 0. The molecule has 2 N–H and O–H groups in total. The van der Waals surface area contributed by atoms with Crippen molar-refractivity contribution in [3.8, 4) is 0 Å². The Kier molecular flexibility index (Phi) is 4.51. The summed E-state index contributed by atoms with van der Waals surface area (Å²) in [6.07, 6.45) is 0.151. The number of ether oxygens (including phenoxy) is 1. The molecule has 0 atom stereocenters. The Morgan fingerprint density at radius 3 is 2.69 bits per heavy atom. The topological polar surface area (TPSA) is 64.7 Å². The molecule has 0 amide bonds. The van der Waals surface area contributed by atoms with E-state index in [2.05, 4.69) is 4.99 Å². The van der Waals surface area contributed by atoms with Gasteiger partial charge in [0.2, 0.25) is 0 Å². The molecule has 0 fully saturated rings. The molecule has 0 unspecified atom stereocenters. The monoisotopic (exact) mass is 220 g/mol. The number of nitrogens with zero attached hydrogens (tertiary/aromatic N) is 1. The Morgan fingerprint density at radius 2 is 2.12 bits per heavy atom. The number of nitrogens with two attached hydrogens (primary N) is 1. The molecule has 1 aromatic carbocycles. The van der Waals surface area contributed by atoms with Gasteiger partial charge < -0.3 is 10.5 Å². The van der Waals surface area contributed by atoms with Crippen LogP contribution >= 0.6 is 0 Å². The van der Waals surface area contributed by atoms with Crippen molar-refractivity contribution in [1.29, 1.82) is 0 Å². The van der Waals surface area contributed by atoms with Crippen molar-refractivity contribution in [2.45, 2.75) is 13.3 Å². The molecule has 0 saturated carbocycles. The first kappa shape index (κ1) is 12.2. The van der Waals surface area contributed by atoms with Crippen LogP contribution in [0.4, 0.5) is 5.69 Å². The van der Waals surface area contributed by atoms with Crippen molar-refractivity contribution in [2.75, 3.05) is 19.4 Å². The van der Waals surface area contributed by atoms with Crippen LogP contribution in [0.25, 0.3) is 0 Å². The number of hydrogen-bond acceptors (Lipinski definition) is 4. The summed E-state index contributed by atoms with van der Waals surface area (Å²) in [5.74, 6) is -0.286. The first-order chi connectivity index (χ1) is 7.69. The van der Waals surface area contributed by atoms with E-state index in [4.69, 9.17) is 10.5 Å². The first-order valence-electron chi connectivity index (χ1n) is 5.15. The van der Waals surface area contributed by atoms with Crippen LogP contribution in [0, 0.1) is 0 Å². The summed E-state index contributed by atoms with van der Waals surface area (Å²) in [7, 11) is 1.64. The van der Waals surface area contributed by atoms with Crippen LogP contribution in [0.3, 0.4) is 0 Å². The smallest absolute Gasteiger partial charge is 0.311 e. The lowest BCUT2D eigenvalue weighted by atomic mass is 10.1. The quantitative estimate of drug-likeness (QED) is 0.476. The van der Waals surface area contributed by atoms with Crippen molar-refractivity contribution in [2.24, 2.45) is 4.99 Å². The maximum atomic E-state index is 11.4. The van der Waals surface area contributed by atoms with Gasteiger partial charge in [0, 0.05) is 18.3 Å². The van der Waals surface area contributed by atoms with Gasteiger partial charge in [-0.25, -0.2) is 0 Å². The molecule has 16 heavy (non-hydrogen) atoms. The highest BCUT2D eigenvalue weighted by Gasteiger charge is 2.11. The number of esters is 1. The highest BCUT2D eigenvalue weighted by atomic mass is 16.5. The zero-order chi connectivity index (χ0) is 12.0. The minimum absolute atomic E-state index is 0.151. The Hall–Kier alpha value is -1.84. The standard InChI is InChI=1S/C12H16N2O2/c1-3-16-12(15)8-11(14-2)9-6-4-5-7-10(9)13/h4-7H,3,8,13H2,1-2H3. The molecule has 0 aliphatic rings. The average molecular weight is 220 g/mol. The fraction of sp³-hybridized carbons (Fsp3) is 0.333. The molecular formula is C12H16N2O2. The average Bonchev–Trinajstić information content (AvgIpc) is 2.27. The lowest BCUT2D eigenvalue weighted by Crippen LogP contribution is -2.13. The zero-order valence-corrected chi connectivity index (χ0v) is 9.56. The second-order valence-corrected chi connectivity index (χ2v) is 3.24. The van der Waals surface area contributed by atoms with Gasteiger partial charge in [0.05, 0.1) is 18.7 Å².